The van der Waals surface area contributed by atoms with E-state index in [9.17, 15) is 9.59 Å². The van der Waals surface area contributed by atoms with Crippen molar-refractivity contribution in [3.05, 3.63) is 81.9 Å². The second kappa shape index (κ2) is 11.4. The minimum Gasteiger partial charge on any atom is -0.349 e. The normalized spacial score (nSPS) is 17.1. The third kappa shape index (κ3) is 4.95. The fourth-order valence-corrected chi connectivity index (χ4v) is 6.44. The summed E-state index contributed by atoms with van der Waals surface area (Å²) in [6, 6.07) is 7.56. The van der Waals surface area contributed by atoms with Crippen molar-refractivity contribution in [3.8, 4) is 16.9 Å². The molecule has 1 saturated heterocycles. The molecule has 5 aromatic rings. The maximum absolute atomic E-state index is 15.1. The Morgan fingerprint density at radius 3 is 2.53 bits per heavy atom. The molecule has 1 aromatic carbocycles. The standard InChI is InChI=1S/C33H34ClFN8O2/c1-8-25(44)41-14-19(5)42(15-18(41)4)30-22-13-23(34)28(21-11-9-10-12-24(21)35)38-31(22)43(33(45)39-30)29-20(6)27-32(40(7)16-36-27)37-26(29)17(2)3/h8-13,16-19H,1,14-15H2,2-7H3/t18-,19+/m1/s1. The van der Waals surface area contributed by atoms with Crippen LogP contribution < -0.4 is 10.6 Å². The molecule has 0 N–H and O–H groups in total. The first-order chi connectivity index (χ1) is 21.4. The lowest BCUT2D eigenvalue weighted by Gasteiger charge is -2.44. The molecule has 12 heteroatoms. The Morgan fingerprint density at radius 2 is 1.84 bits per heavy atom. The van der Waals surface area contributed by atoms with Crippen LogP contribution in [0.1, 0.15) is 44.9 Å². The van der Waals surface area contributed by atoms with E-state index in [1.165, 1.54) is 16.7 Å². The zero-order valence-corrected chi connectivity index (χ0v) is 26.8. The van der Waals surface area contributed by atoms with Crippen molar-refractivity contribution in [1.82, 2.24) is 34.0 Å². The molecule has 1 fully saturated rings. The monoisotopic (exact) mass is 628 g/mol. The second-order valence-corrected chi connectivity index (χ2v) is 12.3. The molecule has 6 rings (SSSR count). The maximum Gasteiger partial charge on any atom is 0.355 e. The summed E-state index contributed by atoms with van der Waals surface area (Å²) in [6.07, 6.45) is 3.00. The number of piperazine rings is 1. The molecule has 0 saturated carbocycles. The lowest BCUT2D eigenvalue weighted by molar-refractivity contribution is -0.128. The van der Waals surface area contributed by atoms with Crippen LogP contribution in [-0.4, -0.2) is 65.1 Å². The first-order valence-electron chi connectivity index (χ1n) is 14.8. The van der Waals surface area contributed by atoms with Crippen LogP contribution in [0.3, 0.4) is 0 Å². The molecule has 0 bridgehead atoms. The highest BCUT2D eigenvalue weighted by molar-refractivity contribution is 6.33. The minimum atomic E-state index is -0.571. The summed E-state index contributed by atoms with van der Waals surface area (Å²) < 4.78 is 18.4. The van der Waals surface area contributed by atoms with Gasteiger partial charge in [0, 0.05) is 43.3 Å². The van der Waals surface area contributed by atoms with E-state index in [0.717, 1.165) is 5.56 Å². The van der Waals surface area contributed by atoms with Crippen molar-refractivity contribution < 1.29 is 9.18 Å². The number of fused-ring (bicyclic) bond motifs is 2. The number of rotatable bonds is 5. The fraction of sp³-hybridized carbons (Fsp3) is 0.333. The van der Waals surface area contributed by atoms with Crippen molar-refractivity contribution in [2.45, 2.75) is 52.6 Å². The molecule has 1 aliphatic heterocycles. The van der Waals surface area contributed by atoms with E-state index < -0.39 is 11.5 Å². The van der Waals surface area contributed by atoms with E-state index >= 15 is 4.39 Å². The number of hydrogen-bond acceptors (Lipinski definition) is 7. The Labute approximate surface area is 264 Å². The van der Waals surface area contributed by atoms with Crippen molar-refractivity contribution in [3.63, 3.8) is 0 Å². The van der Waals surface area contributed by atoms with Crippen molar-refractivity contribution in [2.24, 2.45) is 7.05 Å². The van der Waals surface area contributed by atoms with Crippen molar-refractivity contribution >= 4 is 45.5 Å². The predicted octanol–water partition coefficient (Wildman–Crippen LogP) is 5.57. The zero-order valence-electron chi connectivity index (χ0n) is 26.0. The number of carbonyl (C=O) groups is 1. The first kappa shape index (κ1) is 30.4. The van der Waals surface area contributed by atoms with E-state index in [2.05, 4.69) is 16.5 Å². The summed E-state index contributed by atoms with van der Waals surface area (Å²) in [5, 5.41) is 0.721. The number of halogens is 2. The molecule has 5 heterocycles. The molecule has 0 spiro atoms. The second-order valence-electron chi connectivity index (χ2n) is 11.9. The van der Waals surface area contributed by atoms with Crippen LogP contribution in [0.4, 0.5) is 10.2 Å². The van der Waals surface area contributed by atoms with Crippen LogP contribution in [0, 0.1) is 12.7 Å². The number of pyridine rings is 2. The number of carbonyl (C=O) groups excluding carboxylic acids is 1. The van der Waals surface area contributed by atoms with Gasteiger partial charge in [-0.15, -0.1) is 0 Å². The van der Waals surface area contributed by atoms with Crippen LogP contribution in [0.2, 0.25) is 5.02 Å². The van der Waals surface area contributed by atoms with E-state index in [4.69, 9.17) is 21.6 Å². The molecule has 2 atom stereocenters. The molecular formula is C33H34ClFN8O2. The quantitative estimate of drug-likeness (QED) is 0.235. The van der Waals surface area contributed by atoms with Gasteiger partial charge in [-0.25, -0.2) is 28.7 Å². The van der Waals surface area contributed by atoms with Crippen molar-refractivity contribution in [1.29, 1.82) is 0 Å². The number of hydrogen-bond donors (Lipinski definition) is 0. The number of imidazole rings is 1. The Hall–Kier alpha value is -4.64. The van der Waals surface area contributed by atoms with Crippen molar-refractivity contribution in [2.75, 3.05) is 18.0 Å². The minimum absolute atomic E-state index is 0.0747. The molecule has 0 radical (unpaired) electrons. The average Bonchev–Trinajstić information content (AvgIpc) is 3.38. The Morgan fingerprint density at radius 1 is 1.11 bits per heavy atom. The van der Waals surface area contributed by atoms with E-state index in [1.807, 2.05) is 51.1 Å². The zero-order chi connectivity index (χ0) is 32.3. The highest BCUT2D eigenvalue weighted by Crippen LogP contribution is 2.37. The lowest BCUT2D eigenvalue weighted by atomic mass is 10.0. The topological polar surface area (TPSA) is 102 Å². The number of nitrogens with zero attached hydrogens (tertiary/aromatic N) is 8. The number of aromatic nitrogens is 6. The predicted molar refractivity (Wildman–Crippen MR) is 175 cm³/mol. The summed E-state index contributed by atoms with van der Waals surface area (Å²) in [5.74, 6) is -0.332. The smallest absolute Gasteiger partial charge is 0.349 e. The number of anilines is 1. The number of amides is 1. The van der Waals surface area contributed by atoms with Gasteiger partial charge in [-0.05, 0) is 51.0 Å². The lowest BCUT2D eigenvalue weighted by Crippen LogP contribution is -2.58. The van der Waals surface area contributed by atoms with Gasteiger partial charge < -0.3 is 14.4 Å². The van der Waals surface area contributed by atoms with E-state index in [0.29, 0.717) is 46.8 Å². The summed E-state index contributed by atoms with van der Waals surface area (Å²) in [4.78, 5) is 49.7. The van der Waals surface area contributed by atoms with Gasteiger partial charge >= 0.3 is 5.69 Å². The number of benzene rings is 1. The molecule has 45 heavy (non-hydrogen) atoms. The molecule has 232 valence electrons. The molecule has 1 amide bonds. The van der Waals surface area contributed by atoms with Gasteiger partial charge in [0.1, 0.15) is 17.2 Å². The van der Waals surface area contributed by atoms with Crippen LogP contribution in [0.15, 0.2) is 54.1 Å². The van der Waals surface area contributed by atoms with Gasteiger partial charge in [0.05, 0.1) is 33.8 Å². The largest absolute Gasteiger partial charge is 0.355 e. The first-order valence-corrected chi connectivity index (χ1v) is 15.2. The summed E-state index contributed by atoms with van der Waals surface area (Å²) in [7, 11) is 1.87. The maximum atomic E-state index is 15.1. The molecule has 4 aromatic heterocycles. The molecule has 1 aliphatic rings. The van der Waals surface area contributed by atoms with Gasteiger partial charge in [0.25, 0.3) is 0 Å². The Kier molecular flexibility index (Phi) is 7.68. The fourth-order valence-electron chi connectivity index (χ4n) is 6.19. The summed E-state index contributed by atoms with van der Waals surface area (Å²) >= 11 is 6.85. The molecular weight excluding hydrogens is 595 g/mol. The summed E-state index contributed by atoms with van der Waals surface area (Å²) in [5.41, 5.74) is 3.38. The van der Waals surface area contributed by atoms with Gasteiger partial charge in [0.15, 0.2) is 11.3 Å². The van der Waals surface area contributed by atoms with Crippen LogP contribution in [-0.2, 0) is 11.8 Å². The van der Waals surface area contributed by atoms with Crippen LogP contribution in [0.25, 0.3) is 39.1 Å². The van der Waals surface area contributed by atoms with Crippen LogP contribution in [0.5, 0.6) is 0 Å². The van der Waals surface area contributed by atoms with E-state index in [1.54, 1.807) is 35.5 Å². The van der Waals surface area contributed by atoms with Gasteiger partial charge in [0.2, 0.25) is 5.91 Å². The van der Waals surface area contributed by atoms with Gasteiger partial charge in [-0.1, -0.05) is 44.2 Å². The molecule has 0 aliphatic carbocycles. The molecule has 10 nitrogen and oxygen atoms in total. The van der Waals surface area contributed by atoms with Gasteiger partial charge in [-0.3, -0.25) is 4.79 Å². The van der Waals surface area contributed by atoms with Crippen LogP contribution >= 0.6 is 11.6 Å². The van der Waals surface area contributed by atoms with Gasteiger partial charge in [-0.2, -0.15) is 4.98 Å². The average molecular weight is 629 g/mol. The van der Waals surface area contributed by atoms with E-state index in [-0.39, 0.29) is 45.8 Å². The highest BCUT2D eigenvalue weighted by atomic mass is 35.5. The third-order valence-electron chi connectivity index (χ3n) is 8.50. The summed E-state index contributed by atoms with van der Waals surface area (Å²) in [6.45, 7) is 14.3. The highest BCUT2D eigenvalue weighted by Gasteiger charge is 2.34. The Balaban J connectivity index is 1.69. The molecule has 0 unspecified atom stereocenters. The third-order valence-corrected chi connectivity index (χ3v) is 8.79. The Bertz CT molecular complexity index is 2070. The number of aryl methyl sites for hydroxylation is 2. The SMILES string of the molecule is C=CC(=O)N1C[C@H](C)N(c2nc(=O)n(-c3c(C(C)C)nc4c(ncn4C)c3C)c3nc(-c4ccccc4F)c(Cl)cc23)C[C@H]1C.